The average Bonchev–Trinajstić information content (AvgIpc) is 3.33. The van der Waals surface area contributed by atoms with Gasteiger partial charge in [0.1, 0.15) is 0 Å². The molecule has 0 unspecified atom stereocenters. The Labute approximate surface area is 136 Å². The van der Waals surface area contributed by atoms with E-state index >= 15 is 0 Å². The van der Waals surface area contributed by atoms with Crippen LogP contribution < -0.4 is 5.32 Å². The zero-order chi connectivity index (χ0) is 14.5. The van der Waals surface area contributed by atoms with Gasteiger partial charge in [0.2, 0.25) is 0 Å². The molecule has 2 aromatic carbocycles. The largest absolute Gasteiger partial charge is 0.314 e. The van der Waals surface area contributed by atoms with E-state index in [2.05, 4.69) is 57.6 Å². The van der Waals surface area contributed by atoms with Crippen LogP contribution in [0.25, 0.3) is 10.8 Å². The molecule has 1 nitrogen and oxygen atoms in total. The van der Waals surface area contributed by atoms with Crippen molar-refractivity contribution in [2.45, 2.75) is 51.0 Å². The van der Waals surface area contributed by atoms with E-state index in [1.54, 1.807) is 0 Å². The number of benzene rings is 2. The van der Waals surface area contributed by atoms with E-state index in [1.165, 1.54) is 72.3 Å². The second-order valence-electron chi connectivity index (χ2n) is 6.14. The van der Waals surface area contributed by atoms with Crippen LogP contribution in [0.1, 0.15) is 44.1 Å². The maximum absolute atomic E-state index is 3.65. The number of nitrogens with one attached hydrogen (secondary N) is 1. The van der Waals surface area contributed by atoms with Crippen LogP contribution in [-0.2, 0) is 6.42 Å². The summed E-state index contributed by atoms with van der Waals surface area (Å²) in [4.78, 5) is 0. The lowest BCUT2D eigenvalue weighted by Gasteiger charge is -2.08. The SMILES string of the molecule is Brc1ccc(CCCCCCNC2CC2)c2ccccc12. The summed E-state index contributed by atoms with van der Waals surface area (Å²) in [6, 6.07) is 14.0. The summed E-state index contributed by atoms with van der Waals surface area (Å²) in [5.41, 5.74) is 1.49. The smallest absolute Gasteiger partial charge is 0.0253 e. The maximum atomic E-state index is 3.65. The van der Waals surface area contributed by atoms with E-state index in [0.717, 1.165) is 6.04 Å². The van der Waals surface area contributed by atoms with Crippen LogP contribution >= 0.6 is 15.9 Å². The minimum Gasteiger partial charge on any atom is -0.314 e. The summed E-state index contributed by atoms with van der Waals surface area (Å²) >= 11 is 3.65. The highest BCUT2D eigenvalue weighted by molar-refractivity contribution is 9.10. The molecule has 0 aromatic heterocycles. The van der Waals surface area contributed by atoms with Crippen molar-refractivity contribution in [2.24, 2.45) is 0 Å². The van der Waals surface area contributed by atoms with Gasteiger partial charge in [-0.1, -0.05) is 59.1 Å². The molecule has 1 N–H and O–H groups in total. The van der Waals surface area contributed by atoms with Crippen LogP contribution in [0.2, 0.25) is 0 Å². The number of rotatable bonds is 8. The van der Waals surface area contributed by atoms with Gasteiger partial charge in [-0.25, -0.2) is 0 Å². The van der Waals surface area contributed by atoms with Crippen LogP contribution in [0, 0.1) is 0 Å². The minimum atomic E-state index is 0.860. The molecule has 0 aliphatic heterocycles. The molecule has 0 bridgehead atoms. The topological polar surface area (TPSA) is 12.0 Å². The Balaban J connectivity index is 1.45. The zero-order valence-electron chi connectivity index (χ0n) is 12.6. The molecule has 0 spiro atoms. The molecule has 1 aliphatic carbocycles. The number of halogens is 1. The fourth-order valence-corrected chi connectivity index (χ4v) is 3.41. The molecule has 0 radical (unpaired) electrons. The monoisotopic (exact) mass is 345 g/mol. The third-order valence-electron chi connectivity index (χ3n) is 4.34. The maximum Gasteiger partial charge on any atom is 0.0253 e. The fourth-order valence-electron chi connectivity index (χ4n) is 2.93. The molecule has 112 valence electrons. The van der Waals surface area contributed by atoms with Crippen LogP contribution in [0.15, 0.2) is 40.9 Å². The molecule has 2 aromatic rings. The predicted octanol–water partition coefficient (Wildman–Crippen LogP) is 5.46. The van der Waals surface area contributed by atoms with E-state index < -0.39 is 0 Å². The van der Waals surface area contributed by atoms with Gasteiger partial charge in [0.05, 0.1) is 0 Å². The molecule has 0 heterocycles. The summed E-state index contributed by atoms with van der Waals surface area (Å²) in [7, 11) is 0. The van der Waals surface area contributed by atoms with E-state index in [1.807, 2.05) is 0 Å². The Kier molecular flexibility index (Phi) is 5.32. The number of unbranched alkanes of at least 4 members (excludes halogenated alkanes) is 3. The van der Waals surface area contributed by atoms with E-state index in [9.17, 15) is 0 Å². The van der Waals surface area contributed by atoms with Crippen molar-refractivity contribution < 1.29 is 0 Å². The normalized spacial score (nSPS) is 14.7. The summed E-state index contributed by atoms with van der Waals surface area (Å²) < 4.78 is 1.20. The lowest BCUT2D eigenvalue weighted by Crippen LogP contribution is -2.17. The molecule has 2 heteroatoms. The van der Waals surface area contributed by atoms with Crippen molar-refractivity contribution in [3.05, 3.63) is 46.4 Å². The Morgan fingerprint density at radius 3 is 2.48 bits per heavy atom. The van der Waals surface area contributed by atoms with Crippen molar-refractivity contribution in [1.82, 2.24) is 5.32 Å². The molecule has 0 saturated heterocycles. The average molecular weight is 346 g/mol. The van der Waals surface area contributed by atoms with Crippen molar-refractivity contribution >= 4 is 26.7 Å². The van der Waals surface area contributed by atoms with Gasteiger partial charge in [0, 0.05) is 10.5 Å². The molecule has 0 atom stereocenters. The van der Waals surface area contributed by atoms with Gasteiger partial charge in [0.15, 0.2) is 0 Å². The summed E-state index contributed by atoms with van der Waals surface area (Å²) in [5, 5.41) is 6.33. The van der Waals surface area contributed by atoms with Gasteiger partial charge in [-0.2, -0.15) is 0 Å². The number of hydrogen-bond acceptors (Lipinski definition) is 1. The van der Waals surface area contributed by atoms with E-state index in [-0.39, 0.29) is 0 Å². The Hall–Kier alpha value is -0.860. The Bertz CT molecular complexity index is 589. The van der Waals surface area contributed by atoms with Gasteiger partial charge in [-0.15, -0.1) is 0 Å². The molecule has 1 aliphatic rings. The Morgan fingerprint density at radius 1 is 0.905 bits per heavy atom. The van der Waals surface area contributed by atoms with Crippen LogP contribution in [0.5, 0.6) is 0 Å². The third kappa shape index (κ3) is 4.31. The summed E-state index contributed by atoms with van der Waals surface area (Å²) in [5.74, 6) is 0. The zero-order valence-corrected chi connectivity index (χ0v) is 14.2. The van der Waals surface area contributed by atoms with Gasteiger partial charge >= 0.3 is 0 Å². The highest BCUT2D eigenvalue weighted by Gasteiger charge is 2.19. The van der Waals surface area contributed by atoms with Crippen LogP contribution in [0.3, 0.4) is 0 Å². The van der Waals surface area contributed by atoms with Gasteiger partial charge < -0.3 is 5.32 Å². The third-order valence-corrected chi connectivity index (χ3v) is 5.04. The highest BCUT2D eigenvalue weighted by atomic mass is 79.9. The lowest BCUT2D eigenvalue weighted by atomic mass is 9.99. The van der Waals surface area contributed by atoms with Gasteiger partial charge in [-0.05, 0) is 61.1 Å². The first-order chi connectivity index (χ1) is 10.3. The number of aryl methyl sites for hydroxylation is 1. The quantitative estimate of drug-likeness (QED) is 0.626. The lowest BCUT2D eigenvalue weighted by molar-refractivity contribution is 0.586. The van der Waals surface area contributed by atoms with Crippen molar-refractivity contribution in [3.63, 3.8) is 0 Å². The molecule has 1 fully saturated rings. The molecular formula is C19H24BrN. The Morgan fingerprint density at radius 2 is 1.67 bits per heavy atom. The molecular weight excluding hydrogens is 322 g/mol. The minimum absolute atomic E-state index is 0.860. The van der Waals surface area contributed by atoms with Crippen molar-refractivity contribution in [2.75, 3.05) is 6.54 Å². The van der Waals surface area contributed by atoms with E-state index in [4.69, 9.17) is 0 Å². The van der Waals surface area contributed by atoms with E-state index in [0.29, 0.717) is 0 Å². The van der Waals surface area contributed by atoms with Crippen LogP contribution in [-0.4, -0.2) is 12.6 Å². The van der Waals surface area contributed by atoms with Crippen LogP contribution in [0.4, 0.5) is 0 Å². The first-order valence-corrected chi connectivity index (χ1v) is 9.03. The first kappa shape index (κ1) is 15.1. The number of hydrogen-bond donors (Lipinski definition) is 1. The van der Waals surface area contributed by atoms with Gasteiger partial charge in [0.25, 0.3) is 0 Å². The summed E-state index contributed by atoms with van der Waals surface area (Å²) in [6.45, 7) is 1.21. The standard InChI is InChI=1S/C19H24BrN/c20-19-13-10-15(17-8-4-5-9-18(17)19)7-3-1-2-6-14-21-16-11-12-16/h4-5,8-10,13,16,21H,1-3,6-7,11-12,14H2. The number of fused-ring (bicyclic) bond motifs is 1. The molecule has 3 rings (SSSR count). The second-order valence-corrected chi connectivity index (χ2v) is 7.00. The molecule has 1 saturated carbocycles. The highest BCUT2D eigenvalue weighted by Crippen LogP contribution is 2.27. The summed E-state index contributed by atoms with van der Waals surface area (Å²) in [6.07, 6.45) is 9.33. The fraction of sp³-hybridized carbons (Fsp3) is 0.474. The molecule has 0 amide bonds. The second kappa shape index (κ2) is 7.42. The van der Waals surface area contributed by atoms with Crippen molar-refractivity contribution in [3.8, 4) is 0 Å². The van der Waals surface area contributed by atoms with Crippen molar-refractivity contribution in [1.29, 1.82) is 0 Å². The molecule has 21 heavy (non-hydrogen) atoms. The van der Waals surface area contributed by atoms with Gasteiger partial charge in [-0.3, -0.25) is 0 Å². The predicted molar refractivity (Wildman–Crippen MR) is 94.8 cm³/mol. The first-order valence-electron chi connectivity index (χ1n) is 8.24.